The van der Waals surface area contributed by atoms with Crippen LogP contribution in [-0.2, 0) is 9.53 Å². The first kappa shape index (κ1) is 15.9. The molecule has 0 bridgehead atoms. The molecule has 0 aliphatic carbocycles. The Bertz CT molecular complexity index is 505. The molecule has 1 aromatic carbocycles. The van der Waals surface area contributed by atoms with Crippen molar-refractivity contribution >= 4 is 17.6 Å². The summed E-state index contributed by atoms with van der Waals surface area (Å²) in [5.41, 5.74) is -0.203. The summed E-state index contributed by atoms with van der Waals surface area (Å²) < 4.78 is 54.2. The van der Waals surface area contributed by atoms with Crippen molar-refractivity contribution in [1.29, 1.82) is 0 Å². The minimum atomic E-state index is -4.81. The lowest BCUT2D eigenvalue weighted by atomic mass is 10.2. The lowest BCUT2D eigenvalue weighted by molar-refractivity contribution is -0.163. The molecule has 1 amide bonds. The third kappa shape index (κ3) is 3.69. The van der Waals surface area contributed by atoms with E-state index < -0.39 is 24.2 Å². The number of carbonyl (C=O) groups is 2. The number of amides is 1. The minimum Gasteiger partial charge on any atom is -0.462 e. The highest BCUT2D eigenvalue weighted by Crippen LogP contribution is 2.25. The van der Waals surface area contributed by atoms with E-state index in [0.717, 1.165) is 6.07 Å². The van der Waals surface area contributed by atoms with Gasteiger partial charge in [-0.05, 0) is 25.1 Å². The fourth-order valence-corrected chi connectivity index (χ4v) is 1.25. The average Bonchev–Trinajstić information content (AvgIpc) is 2.39. The van der Waals surface area contributed by atoms with Gasteiger partial charge in [-0.3, -0.25) is 4.79 Å². The number of rotatable bonds is 5. The first-order valence-electron chi connectivity index (χ1n) is 5.53. The second kappa shape index (κ2) is 6.36. The molecular weight excluding hydrogens is 282 g/mol. The van der Waals surface area contributed by atoms with Gasteiger partial charge in [-0.2, -0.15) is 8.78 Å². The Morgan fingerprint density at radius 3 is 2.55 bits per heavy atom. The minimum absolute atomic E-state index is 0.00464. The summed E-state index contributed by atoms with van der Waals surface area (Å²) in [6.07, 6.45) is -4.12. The summed E-state index contributed by atoms with van der Waals surface area (Å²) in [6, 6.07) is 4.86. The number of hydrogen-bond acceptors (Lipinski definition) is 3. The summed E-state index contributed by atoms with van der Waals surface area (Å²) in [7, 11) is 0. The normalized spacial score (nSPS) is 11.3. The second-order valence-electron chi connectivity index (χ2n) is 3.68. The van der Waals surface area contributed by atoms with Gasteiger partial charge in [-0.15, -0.1) is 0 Å². The predicted molar refractivity (Wildman–Crippen MR) is 62.0 cm³/mol. The summed E-state index contributed by atoms with van der Waals surface area (Å²) in [5.74, 6) is -7.67. The van der Waals surface area contributed by atoms with Crippen LogP contribution in [-0.4, -0.2) is 30.8 Å². The molecule has 0 atom stereocenters. The zero-order valence-corrected chi connectivity index (χ0v) is 10.3. The van der Waals surface area contributed by atoms with Crippen molar-refractivity contribution in [2.45, 2.75) is 19.3 Å². The Balaban J connectivity index is 2.86. The van der Waals surface area contributed by atoms with Crippen molar-refractivity contribution in [3.05, 3.63) is 29.8 Å². The van der Waals surface area contributed by atoms with Gasteiger partial charge in [0.15, 0.2) is 0 Å². The lowest BCUT2D eigenvalue weighted by Gasteiger charge is -2.15. The van der Waals surface area contributed by atoms with Crippen LogP contribution in [0.4, 0.5) is 23.2 Å². The average molecular weight is 293 g/mol. The van der Waals surface area contributed by atoms with Crippen molar-refractivity contribution in [2.75, 3.05) is 11.9 Å². The quantitative estimate of drug-likeness (QED) is 0.671. The van der Waals surface area contributed by atoms with Crippen LogP contribution in [0.2, 0.25) is 0 Å². The second-order valence-corrected chi connectivity index (χ2v) is 3.68. The van der Waals surface area contributed by atoms with E-state index in [1.54, 1.807) is 12.2 Å². The van der Waals surface area contributed by atoms with E-state index in [2.05, 4.69) is 4.74 Å². The third-order valence-corrected chi connectivity index (χ3v) is 2.21. The molecule has 0 heterocycles. The highest BCUT2D eigenvalue weighted by molar-refractivity contribution is 5.98. The molecule has 0 aromatic heterocycles. The summed E-state index contributed by atoms with van der Waals surface area (Å²) in [4.78, 5) is 22.4. The van der Waals surface area contributed by atoms with Crippen molar-refractivity contribution < 1.29 is 31.9 Å². The molecule has 0 aliphatic rings. The Kier molecular flexibility index (Phi) is 5.06. The van der Waals surface area contributed by atoms with Gasteiger partial charge in [0.05, 0.1) is 12.2 Å². The molecule has 0 saturated carbocycles. The highest BCUT2D eigenvalue weighted by Gasteiger charge is 2.48. The summed E-state index contributed by atoms with van der Waals surface area (Å²) in [6.45, 7) is 1.69. The van der Waals surface area contributed by atoms with Crippen LogP contribution in [0.3, 0.4) is 0 Å². The zero-order valence-electron chi connectivity index (χ0n) is 10.3. The molecule has 110 valence electrons. The van der Waals surface area contributed by atoms with E-state index in [9.17, 15) is 27.2 Å². The van der Waals surface area contributed by atoms with Gasteiger partial charge in [-0.1, -0.05) is 6.07 Å². The topological polar surface area (TPSA) is 55.4 Å². The number of anilines is 1. The lowest BCUT2D eigenvalue weighted by Crippen LogP contribution is -2.41. The Hall–Kier alpha value is -2.12. The maximum absolute atomic E-state index is 12.8. The van der Waals surface area contributed by atoms with Crippen LogP contribution in [0, 0.1) is 0 Å². The van der Waals surface area contributed by atoms with Crippen LogP contribution in [0.25, 0.3) is 0 Å². The van der Waals surface area contributed by atoms with Crippen LogP contribution in [0.5, 0.6) is 0 Å². The smallest absolute Gasteiger partial charge is 0.383 e. The molecule has 8 heteroatoms. The number of nitrogens with one attached hydrogen (secondary N) is 1. The van der Waals surface area contributed by atoms with E-state index in [-0.39, 0.29) is 17.9 Å². The molecule has 0 spiro atoms. The molecule has 0 unspecified atom stereocenters. The SMILES string of the molecule is CCOC(=O)c1cccc(NC(=O)C(F)(F)C(F)F)c1. The van der Waals surface area contributed by atoms with Crippen molar-refractivity contribution in [3.63, 3.8) is 0 Å². The molecule has 1 rings (SSSR count). The fraction of sp³-hybridized carbons (Fsp3) is 0.333. The number of hydrogen-bond donors (Lipinski definition) is 1. The number of ether oxygens (including phenoxy) is 1. The van der Waals surface area contributed by atoms with Gasteiger partial charge >= 0.3 is 24.2 Å². The molecule has 0 aliphatic heterocycles. The largest absolute Gasteiger partial charge is 0.462 e. The molecule has 1 N–H and O–H groups in total. The monoisotopic (exact) mass is 293 g/mol. The van der Waals surface area contributed by atoms with E-state index in [1.165, 1.54) is 18.2 Å². The fourth-order valence-electron chi connectivity index (χ4n) is 1.25. The summed E-state index contributed by atoms with van der Waals surface area (Å²) >= 11 is 0. The van der Waals surface area contributed by atoms with Crippen LogP contribution in [0.15, 0.2) is 24.3 Å². The molecule has 0 radical (unpaired) electrons. The number of esters is 1. The standard InChI is InChI=1S/C12H11F4NO3/c1-2-20-9(18)7-4-3-5-8(6-7)17-11(19)12(15,16)10(13)14/h3-6,10H,2H2,1H3,(H,17,19). The maximum atomic E-state index is 12.8. The molecule has 20 heavy (non-hydrogen) atoms. The van der Waals surface area contributed by atoms with Gasteiger partial charge in [0.1, 0.15) is 0 Å². The third-order valence-electron chi connectivity index (χ3n) is 2.21. The van der Waals surface area contributed by atoms with Gasteiger partial charge in [0.2, 0.25) is 0 Å². The summed E-state index contributed by atoms with van der Waals surface area (Å²) in [5, 5.41) is 1.62. The Morgan fingerprint density at radius 2 is 2.00 bits per heavy atom. The van der Waals surface area contributed by atoms with E-state index in [1.807, 2.05) is 0 Å². The molecule has 1 aromatic rings. The number of halogens is 4. The first-order valence-corrected chi connectivity index (χ1v) is 5.53. The van der Waals surface area contributed by atoms with Gasteiger partial charge in [0, 0.05) is 5.69 Å². The van der Waals surface area contributed by atoms with Crippen molar-refractivity contribution in [2.24, 2.45) is 0 Å². The Morgan fingerprint density at radius 1 is 1.35 bits per heavy atom. The first-order chi connectivity index (χ1) is 9.28. The zero-order chi connectivity index (χ0) is 15.3. The van der Waals surface area contributed by atoms with E-state index in [0.29, 0.717) is 0 Å². The van der Waals surface area contributed by atoms with Crippen LogP contribution in [0.1, 0.15) is 17.3 Å². The Labute approximate surface area is 111 Å². The highest BCUT2D eigenvalue weighted by atomic mass is 19.3. The number of carbonyl (C=O) groups excluding carboxylic acids is 2. The number of benzene rings is 1. The number of alkyl halides is 4. The van der Waals surface area contributed by atoms with Crippen molar-refractivity contribution in [3.8, 4) is 0 Å². The van der Waals surface area contributed by atoms with Crippen LogP contribution < -0.4 is 5.32 Å². The van der Waals surface area contributed by atoms with Crippen molar-refractivity contribution in [1.82, 2.24) is 0 Å². The molecule has 4 nitrogen and oxygen atoms in total. The van der Waals surface area contributed by atoms with Gasteiger partial charge in [0.25, 0.3) is 0 Å². The van der Waals surface area contributed by atoms with Crippen LogP contribution >= 0.6 is 0 Å². The van der Waals surface area contributed by atoms with E-state index >= 15 is 0 Å². The van der Waals surface area contributed by atoms with Gasteiger partial charge < -0.3 is 10.1 Å². The molecular formula is C12H11F4NO3. The van der Waals surface area contributed by atoms with Gasteiger partial charge in [-0.25, -0.2) is 13.6 Å². The van der Waals surface area contributed by atoms with E-state index in [4.69, 9.17) is 0 Å². The predicted octanol–water partition coefficient (Wildman–Crippen LogP) is 2.70. The maximum Gasteiger partial charge on any atom is 0.383 e. The molecule has 0 saturated heterocycles. The molecule has 0 fully saturated rings.